The van der Waals surface area contributed by atoms with Crippen LogP contribution in [0.25, 0.3) is 16.6 Å². The highest BCUT2D eigenvalue weighted by Crippen LogP contribution is 2.36. The molecule has 0 unspecified atom stereocenters. The number of piperazine rings is 1. The summed E-state index contributed by atoms with van der Waals surface area (Å²) in [6.45, 7) is 11.7. The van der Waals surface area contributed by atoms with Crippen molar-refractivity contribution >= 4 is 68.4 Å². The lowest BCUT2D eigenvalue weighted by atomic mass is 10.2. The first-order chi connectivity index (χ1) is 21.5. The van der Waals surface area contributed by atoms with E-state index >= 15 is 0 Å². The number of hydrogen-bond donors (Lipinski definition) is 0. The van der Waals surface area contributed by atoms with Crippen molar-refractivity contribution in [2.45, 2.75) is 43.9 Å². The molecule has 0 spiro atoms. The van der Waals surface area contributed by atoms with E-state index in [-0.39, 0.29) is 0 Å². The first-order valence-electron chi connectivity index (χ1n) is 15.1. The molecule has 1 saturated heterocycles. The van der Waals surface area contributed by atoms with E-state index in [1.54, 1.807) is 12.1 Å². The van der Waals surface area contributed by atoms with Crippen LogP contribution in [0.3, 0.4) is 0 Å². The van der Waals surface area contributed by atoms with Crippen molar-refractivity contribution in [3.05, 3.63) is 76.1 Å². The van der Waals surface area contributed by atoms with Crippen LogP contribution >= 0.6 is 22.6 Å². The fraction of sp³-hybridized carbons (Fsp3) is 0.375. The van der Waals surface area contributed by atoms with Crippen molar-refractivity contribution in [1.82, 2.24) is 19.4 Å². The molecule has 10 nitrogen and oxygen atoms in total. The SMILES string of the molecule is C[Si](C)(C)CCOCn1nc(I)c2c1nn1cc(OCc3ccccc3)cc(N3CCN(c4ccc(S(C)(=O)=O)cc4)CC3)c21. The molecule has 6 rings (SSSR count). The van der Waals surface area contributed by atoms with Crippen LogP contribution in [0.2, 0.25) is 25.7 Å². The van der Waals surface area contributed by atoms with E-state index in [1.165, 1.54) is 6.26 Å². The van der Waals surface area contributed by atoms with Crippen LogP contribution in [-0.4, -0.2) is 74.9 Å². The van der Waals surface area contributed by atoms with Crippen LogP contribution in [0.4, 0.5) is 11.4 Å². The summed E-state index contributed by atoms with van der Waals surface area (Å²) in [5.41, 5.74) is 4.95. The number of aromatic nitrogens is 4. The molecule has 45 heavy (non-hydrogen) atoms. The van der Waals surface area contributed by atoms with Crippen molar-refractivity contribution < 1.29 is 17.9 Å². The van der Waals surface area contributed by atoms with E-state index in [0.29, 0.717) is 24.8 Å². The van der Waals surface area contributed by atoms with Crippen LogP contribution in [-0.2, 0) is 27.9 Å². The zero-order valence-electron chi connectivity index (χ0n) is 26.1. The molecular weight excluding hydrogens is 719 g/mol. The Morgan fingerprint density at radius 1 is 0.933 bits per heavy atom. The highest BCUT2D eigenvalue weighted by Gasteiger charge is 2.25. The van der Waals surface area contributed by atoms with Gasteiger partial charge in [-0.3, -0.25) is 0 Å². The van der Waals surface area contributed by atoms with Crippen LogP contribution in [0.5, 0.6) is 5.75 Å². The minimum absolute atomic E-state index is 0.334. The summed E-state index contributed by atoms with van der Waals surface area (Å²) in [6, 6.07) is 20.5. The highest BCUT2D eigenvalue weighted by atomic mass is 127. The topological polar surface area (TPSA) is 94.2 Å². The normalized spacial score (nSPS) is 14.5. The fourth-order valence-corrected chi connectivity index (χ4v) is 7.63. The van der Waals surface area contributed by atoms with Gasteiger partial charge in [0.2, 0.25) is 0 Å². The van der Waals surface area contributed by atoms with Crippen molar-refractivity contribution in [2.75, 3.05) is 48.8 Å². The number of halogens is 1. The second kappa shape index (κ2) is 12.9. The zero-order chi connectivity index (χ0) is 31.8. The third-order valence-corrected chi connectivity index (χ3v) is 11.6. The van der Waals surface area contributed by atoms with Crippen molar-refractivity contribution in [2.24, 2.45) is 0 Å². The van der Waals surface area contributed by atoms with Gasteiger partial charge in [-0.2, -0.15) is 5.10 Å². The molecule has 5 aromatic rings. The van der Waals surface area contributed by atoms with Gasteiger partial charge in [0.15, 0.2) is 15.5 Å². The van der Waals surface area contributed by atoms with E-state index in [9.17, 15) is 8.42 Å². The third kappa shape index (κ3) is 7.31. The molecule has 0 N–H and O–H groups in total. The van der Waals surface area contributed by atoms with Crippen LogP contribution in [0.15, 0.2) is 71.8 Å². The molecule has 2 aromatic carbocycles. The zero-order valence-corrected chi connectivity index (χ0v) is 30.1. The summed E-state index contributed by atoms with van der Waals surface area (Å²) in [5, 5.41) is 10.8. The van der Waals surface area contributed by atoms with Gasteiger partial charge in [0.05, 0.1) is 22.2 Å². The summed E-state index contributed by atoms with van der Waals surface area (Å²) >= 11 is 2.30. The average Bonchev–Trinajstić information content (AvgIpc) is 3.54. The van der Waals surface area contributed by atoms with Gasteiger partial charge >= 0.3 is 0 Å². The van der Waals surface area contributed by atoms with Gasteiger partial charge in [0.1, 0.15) is 28.3 Å². The molecule has 13 heteroatoms. The van der Waals surface area contributed by atoms with Crippen LogP contribution in [0.1, 0.15) is 5.56 Å². The average molecular weight is 759 g/mol. The maximum Gasteiger partial charge on any atom is 0.184 e. The van der Waals surface area contributed by atoms with Gasteiger partial charge in [-0.1, -0.05) is 50.0 Å². The maximum absolute atomic E-state index is 11.9. The van der Waals surface area contributed by atoms with Crippen molar-refractivity contribution in [3.63, 3.8) is 0 Å². The van der Waals surface area contributed by atoms with E-state index in [1.807, 2.05) is 45.7 Å². The van der Waals surface area contributed by atoms with E-state index in [0.717, 1.165) is 75.2 Å². The summed E-state index contributed by atoms with van der Waals surface area (Å²) in [7, 11) is -4.43. The smallest absolute Gasteiger partial charge is 0.184 e. The van der Waals surface area contributed by atoms with Gasteiger partial charge in [-0.05, 0) is 58.5 Å². The molecule has 0 saturated carbocycles. The van der Waals surface area contributed by atoms with E-state index in [4.69, 9.17) is 19.7 Å². The van der Waals surface area contributed by atoms with Gasteiger partial charge in [0, 0.05) is 58.9 Å². The predicted molar refractivity (Wildman–Crippen MR) is 190 cm³/mol. The van der Waals surface area contributed by atoms with Gasteiger partial charge in [-0.15, -0.1) is 5.10 Å². The van der Waals surface area contributed by atoms with E-state index < -0.39 is 17.9 Å². The lowest BCUT2D eigenvalue weighted by Gasteiger charge is -2.37. The Balaban J connectivity index is 1.30. The Bertz CT molecular complexity index is 1900. The summed E-state index contributed by atoms with van der Waals surface area (Å²) < 4.78 is 40.9. The molecule has 238 valence electrons. The number of anilines is 2. The Hall–Kier alpha value is -3.14. The standard InChI is InChI=1S/C32H39IN6O4SSi/c1-44(40,41)27-12-10-25(11-13-27)36-14-16-37(17-15-36)28-20-26(43-22-24-8-6-5-7-9-24)21-38-30(28)29-31(33)34-39(32(29)35-38)23-42-18-19-45(2,3)4/h5-13,20-21H,14-19,22-23H2,1-4H3. The summed E-state index contributed by atoms with van der Waals surface area (Å²) in [4.78, 5) is 5.01. The first kappa shape index (κ1) is 31.8. The number of pyridine rings is 1. The second-order valence-electron chi connectivity index (χ2n) is 12.7. The highest BCUT2D eigenvalue weighted by molar-refractivity contribution is 14.1. The molecule has 0 atom stereocenters. The molecule has 0 radical (unpaired) electrons. The lowest BCUT2D eigenvalue weighted by molar-refractivity contribution is 0.0809. The summed E-state index contributed by atoms with van der Waals surface area (Å²) in [5.74, 6) is 0.742. The van der Waals surface area contributed by atoms with Gasteiger partial charge < -0.3 is 19.3 Å². The van der Waals surface area contributed by atoms with E-state index in [2.05, 4.69) is 70.2 Å². The van der Waals surface area contributed by atoms with Crippen molar-refractivity contribution in [3.8, 4) is 5.75 Å². The molecule has 0 aliphatic carbocycles. The number of benzene rings is 2. The monoisotopic (exact) mass is 758 g/mol. The predicted octanol–water partition coefficient (Wildman–Crippen LogP) is 5.91. The van der Waals surface area contributed by atoms with Crippen LogP contribution in [0, 0.1) is 3.70 Å². The Labute approximate surface area is 279 Å². The molecule has 1 aliphatic heterocycles. The maximum atomic E-state index is 11.9. The molecule has 4 heterocycles. The largest absolute Gasteiger partial charge is 0.487 e. The lowest BCUT2D eigenvalue weighted by Crippen LogP contribution is -2.46. The number of sulfone groups is 1. The first-order valence-corrected chi connectivity index (χ1v) is 21.8. The Morgan fingerprint density at radius 2 is 1.62 bits per heavy atom. The minimum atomic E-state index is -3.23. The minimum Gasteiger partial charge on any atom is -0.487 e. The van der Waals surface area contributed by atoms with Crippen LogP contribution < -0.4 is 14.5 Å². The molecular formula is C32H39IN6O4SSi. The molecule has 0 amide bonds. The molecule has 1 fully saturated rings. The number of rotatable bonds is 11. The fourth-order valence-electron chi connectivity index (χ4n) is 5.49. The van der Waals surface area contributed by atoms with Crippen molar-refractivity contribution in [1.29, 1.82) is 0 Å². The van der Waals surface area contributed by atoms with Gasteiger partial charge in [0.25, 0.3) is 0 Å². The second-order valence-corrected chi connectivity index (χ2v) is 21.4. The number of nitrogens with zero attached hydrogens (tertiary/aromatic N) is 6. The van der Waals surface area contributed by atoms with Gasteiger partial charge in [-0.25, -0.2) is 17.6 Å². The number of hydrogen-bond acceptors (Lipinski definition) is 8. The Kier molecular flexibility index (Phi) is 9.14. The number of fused-ring (bicyclic) bond motifs is 3. The quantitative estimate of drug-likeness (QED) is 0.0934. The molecule has 3 aromatic heterocycles. The third-order valence-electron chi connectivity index (χ3n) is 8.03. The molecule has 1 aliphatic rings. The molecule has 0 bridgehead atoms. The summed E-state index contributed by atoms with van der Waals surface area (Å²) in [6.07, 6.45) is 3.19. The Morgan fingerprint density at radius 3 is 2.29 bits per heavy atom. The number of ether oxygens (including phenoxy) is 2.